The molecule has 5 nitrogen and oxygen atoms in total. The molecule has 0 amide bonds. The second-order valence-corrected chi connectivity index (χ2v) is 4.93. The van der Waals surface area contributed by atoms with Gasteiger partial charge in [0.1, 0.15) is 5.82 Å². The predicted molar refractivity (Wildman–Crippen MR) is 67.0 cm³/mol. The third kappa shape index (κ3) is 3.34. The minimum absolute atomic E-state index is 0.216. The van der Waals surface area contributed by atoms with Gasteiger partial charge in [0, 0.05) is 6.54 Å². The largest absolute Gasteiger partial charge is 0.368 e. The number of aromatic nitrogens is 2. The lowest BCUT2D eigenvalue weighted by Crippen LogP contribution is -2.28. The van der Waals surface area contributed by atoms with Crippen molar-refractivity contribution in [2.24, 2.45) is 17.2 Å². The lowest BCUT2D eigenvalue weighted by molar-refractivity contribution is 0.269. The van der Waals surface area contributed by atoms with E-state index < -0.39 is 0 Å². The van der Waals surface area contributed by atoms with Crippen molar-refractivity contribution < 1.29 is 0 Å². The fourth-order valence-corrected chi connectivity index (χ4v) is 1.04. The van der Waals surface area contributed by atoms with E-state index in [4.69, 9.17) is 5.84 Å². The summed E-state index contributed by atoms with van der Waals surface area (Å²) in [5.74, 6) is 7.17. The molecule has 1 aromatic rings. The molecule has 0 aliphatic heterocycles. The fraction of sp³-hybridized carbons (Fsp3) is 0.636. The number of hydrogen-bond donors (Lipinski definition) is 3. The van der Waals surface area contributed by atoms with Crippen molar-refractivity contribution in [3.8, 4) is 0 Å². The van der Waals surface area contributed by atoms with Crippen molar-refractivity contribution in [3.05, 3.63) is 12.4 Å². The summed E-state index contributed by atoms with van der Waals surface area (Å²) in [6.07, 6.45) is 3.27. The van der Waals surface area contributed by atoms with Crippen LogP contribution in [0.4, 0.5) is 11.6 Å². The second kappa shape index (κ2) is 5.12. The minimum atomic E-state index is 0.216. The van der Waals surface area contributed by atoms with Crippen LogP contribution in [0.25, 0.3) is 0 Å². The van der Waals surface area contributed by atoms with Crippen molar-refractivity contribution in [3.63, 3.8) is 0 Å². The molecule has 0 spiro atoms. The summed E-state index contributed by atoms with van der Waals surface area (Å²) in [7, 11) is 0. The van der Waals surface area contributed by atoms with Crippen LogP contribution in [-0.2, 0) is 0 Å². The van der Waals surface area contributed by atoms with E-state index in [1.165, 1.54) is 0 Å². The number of rotatable bonds is 5. The molecule has 0 unspecified atom stereocenters. The van der Waals surface area contributed by atoms with Crippen LogP contribution in [0.15, 0.2) is 12.4 Å². The molecule has 0 aliphatic rings. The van der Waals surface area contributed by atoms with Gasteiger partial charge >= 0.3 is 0 Å². The Bertz CT molecular complexity index is 335. The Kier molecular flexibility index (Phi) is 4.06. The van der Waals surface area contributed by atoms with Gasteiger partial charge in [0.25, 0.3) is 0 Å². The lowest BCUT2D eigenvalue weighted by atomic mass is 9.81. The number of nitrogens with one attached hydrogen (secondary N) is 2. The Morgan fingerprint density at radius 3 is 2.50 bits per heavy atom. The van der Waals surface area contributed by atoms with Gasteiger partial charge < -0.3 is 10.7 Å². The molecule has 0 aromatic carbocycles. The first-order valence-corrected chi connectivity index (χ1v) is 5.48. The molecule has 5 heteroatoms. The third-order valence-corrected chi connectivity index (χ3v) is 3.07. The lowest BCUT2D eigenvalue weighted by Gasteiger charge is -2.29. The molecule has 0 saturated heterocycles. The number of nitrogens with zero attached hydrogens (tertiary/aromatic N) is 2. The molecule has 1 heterocycles. The van der Waals surface area contributed by atoms with Crippen molar-refractivity contribution in [2.45, 2.75) is 27.7 Å². The number of hydrazine groups is 1. The van der Waals surface area contributed by atoms with Gasteiger partial charge in [-0.25, -0.2) is 10.8 Å². The van der Waals surface area contributed by atoms with E-state index in [-0.39, 0.29) is 5.41 Å². The van der Waals surface area contributed by atoms with Crippen LogP contribution in [0.3, 0.4) is 0 Å². The molecule has 16 heavy (non-hydrogen) atoms. The van der Waals surface area contributed by atoms with E-state index in [9.17, 15) is 0 Å². The topological polar surface area (TPSA) is 75.9 Å². The Balaban J connectivity index is 2.60. The number of hydrogen-bond acceptors (Lipinski definition) is 5. The van der Waals surface area contributed by atoms with Gasteiger partial charge in [-0.2, -0.15) is 0 Å². The maximum atomic E-state index is 5.27. The summed E-state index contributed by atoms with van der Waals surface area (Å²) in [5.41, 5.74) is 2.69. The SMILES string of the molecule is CC(C)C(C)(C)CNc1cncc(NN)n1. The molecule has 0 saturated carbocycles. The summed E-state index contributed by atoms with van der Waals surface area (Å²) in [6.45, 7) is 9.73. The normalized spacial score (nSPS) is 11.6. The highest BCUT2D eigenvalue weighted by atomic mass is 15.3. The zero-order valence-corrected chi connectivity index (χ0v) is 10.4. The van der Waals surface area contributed by atoms with Gasteiger partial charge in [-0.15, -0.1) is 0 Å². The first-order chi connectivity index (χ1) is 7.45. The van der Waals surface area contributed by atoms with Crippen LogP contribution >= 0.6 is 0 Å². The predicted octanol–water partition coefficient (Wildman–Crippen LogP) is 1.86. The van der Waals surface area contributed by atoms with Crippen LogP contribution in [0.1, 0.15) is 27.7 Å². The van der Waals surface area contributed by atoms with Gasteiger partial charge in [-0.05, 0) is 11.3 Å². The average molecular weight is 223 g/mol. The summed E-state index contributed by atoms with van der Waals surface area (Å²) < 4.78 is 0. The number of nitrogens with two attached hydrogens (primary N) is 1. The van der Waals surface area contributed by atoms with E-state index >= 15 is 0 Å². The van der Waals surface area contributed by atoms with Gasteiger partial charge in [0.05, 0.1) is 12.4 Å². The van der Waals surface area contributed by atoms with E-state index in [2.05, 4.69) is 48.4 Å². The van der Waals surface area contributed by atoms with Crippen molar-refractivity contribution >= 4 is 11.6 Å². The quantitative estimate of drug-likeness (QED) is 0.524. The number of anilines is 2. The van der Waals surface area contributed by atoms with Crippen LogP contribution in [0.2, 0.25) is 0 Å². The molecule has 0 aliphatic carbocycles. The van der Waals surface area contributed by atoms with Crippen molar-refractivity contribution in [2.75, 3.05) is 17.3 Å². The van der Waals surface area contributed by atoms with Crippen LogP contribution in [0.5, 0.6) is 0 Å². The Morgan fingerprint density at radius 1 is 1.31 bits per heavy atom. The van der Waals surface area contributed by atoms with Crippen molar-refractivity contribution in [1.29, 1.82) is 0 Å². The highest BCUT2D eigenvalue weighted by Crippen LogP contribution is 2.25. The molecule has 4 N–H and O–H groups in total. The molecular weight excluding hydrogens is 202 g/mol. The maximum absolute atomic E-state index is 5.27. The zero-order chi connectivity index (χ0) is 12.2. The van der Waals surface area contributed by atoms with Crippen LogP contribution < -0.4 is 16.6 Å². The van der Waals surface area contributed by atoms with Crippen LogP contribution in [0, 0.1) is 11.3 Å². The first-order valence-electron chi connectivity index (χ1n) is 5.48. The second-order valence-electron chi connectivity index (χ2n) is 4.93. The maximum Gasteiger partial charge on any atom is 0.160 e. The number of nitrogen functional groups attached to an aromatic ring is 1. The zero-order valence-electron chi connectivity index (χ0n) is 10.4. The van der Waals surface area contributed by atoms with E-state index in [0.29, 0.717) is 11.7 Å². The van der Waals surface area contributed by atoms with Gasteiger partial charge in [-0.3, -0.25) is 4.98 Å². The molecule has 0 fully saturated rings. The molecule has 0 radical (unpaired) electrons. The smallest absolute Gasteiger partial charge is 0.160 e. The van der Waals surface area contributed by atoms with E-state index in [1.807, 2.05) is 0 Å². The van der Waals surface area contributed by atoms with E-state index in [1.54, 1.807) is 12.4 Å². The van der Waals surface area contributed by atoms with Gasteiger partial charge in [0.2, 0.25) is 0 Å². The molecule has 1 rings (SSSR count). The fourth-order valence-electron chi connectivity index (χ4n) is 1.04. The Morgan fingerprint density at radius 2 is 1.94 bits per heavy atom. The Labute approximate surface area is 96.8 Å². The molecule has 1 aromatic heterocycles. The Hall–Kier alpha value is -1.36. The monoisotopic (exact) mass is 223 g/mol. The molecule has 0 atom stereocenters. The molecule has 0 bridgehead atoms. The standard InChI is InChI=1S/C11H21N5/c1-8(2)11(3,4)7-14-9-5-13-6-10(15-9)16-12/h5-6,8H,7,12H2,1-4H3,(H2,14,15,16). The van der Waals surface area contributed by atoms with E-state index in [0.717, 1.165) is 12.4 Å². The summed E-state index contributed by atoms with van der Waals surface area (Å²) in [5, 5.41) is 3.27. The van der Waals surface area contributed by atoms with Crippen LogP contribution in [-0.4, -0.2) is 16.5 Å². The minimum Gasteiger partial charge on any atom is -0.368 e. The van der Waals surface area contributed by atoms with Crippen molar-refractivity contribution in [1.82, 2.24) is 9.97 Å². The third-order valence-electron chi connectivity index (χ3n) is 3.07. The summed E-state index contributed by atoms with van der Waals surface area (Å²) in [6, 6.07) is 0. The van der Waals surface area contributed by atoms with Gasteiger partial charge in [0.15, 0.2) is 5.82 Å². The first kappa shape index (κ1) is 12.7. The highest BCUT2D eigenvalue weighted by molar-refractivity contribution is 5.40. The summed E-state index contributed by atoms with van der Waals surface area (Å²) in [4.78, 5) is 8.28. The average Bonchev–Trinajstić information content (AvgIpc) is 2.26. The highest BCUT2D eigenvalue weighted by Gasteiger charge is 2.21. The summed E-state index contributed by atoms with van der Waals surface area (Å²) >= 11 is 0. The molecular formula is C11H21N5. The van der Waals surface area contributed by atoms with Gasteiger partial charge in [-0.1, -0.05) is 27.7 Å². The molecule has 90 valence electrons.